The first-order valence-corrected chi connectivity index (χ1v) is 5.41. The molecule has 0 aliphatic rings. The Bertz CT molecular complexity index is 516. The predicted octanol–water partition coefficient (Wildman–Crippen LogP) is 2.31. The van der Waals surface area contributed by atoms with Crippen LogP contribution in [-0.4, -0.2) is 15.5 Å². The number of rotatable bonds is 3. The molecule has 16 heavy (non-hydrogen) atoms. The standard InChI is InChI=1S/C12H15N3O/c1-3-4-12(16)14-9-5-6-11-10(7-9)13-8-15(11)2/h5-8H,3-4H2,1-2H3,(H,14,16). The third kappa shape index (κ3) is 2.05. The lowest BCUT2D eigenvalue weighted by Crippen LogP contribution is -2.10. The minimum absolute atomic E-state index is 0.0535. The largest absolute Gasteiger partial charge is 0.334 e. The van der Waals surface area contributed by atoms with Crippen molar-refractivity contribution in [3.63, 3.8) is 0 Å². The third-order valence-corrected chi connectivity index (χ3v) is 2.49. The number of aromatic nitrogens is 2. The van der Waals surface area contributed by atoms with Gasteiger partial charge in [-0.1, -0.05) is 6.92 Å². The van der Waals surface area contributed by atoms with E-state index in [1.54, 1.807) is 6.33 Å². The van der Waals surface area contributed by atoms with E-state index in [0.29, 0.717) is 6.42 Å². The first-order chi connectivity index (χ1) is 7.70. The van der Waals surface area contributed by atoms with Gasteiger partial charge in [-0.25, -0.2) is 4.98 Å². The van der Waals surface area contributed by atoms with Gasteiger partial charge in [0.2, 0.25) is 5.91 Å². The Morgan fingerprint density at radius 2 is 2.31 bits per heavy atom. The highest BCUT2D eigenvalue weighted by Gasteiger charge is 2.03. The van der Waals surface area contributed by atoms with Crippen molar-refractivity contribution in [1.82, 2.24) is 9.55 Å². The molecule has 4 heteroatoms. The number of carbonyl (C=O) groups is 1. The van der Waals surface area contributed by atoms with Gasteiger partial charge in [-0.05, 0) is 24.6 Å². The summed E-state index contributed by atoms with van der Waals surface area (Å²) in [4.78, 5) is 15.7. The molecule has 4 nitrogen and oxygen atoms in total. The number of aryl methyl sites for hydroxylation is 1. The molecule has 0 fully saturated rings. The summed E-state index contributed by atoms with van der Waals surface area (Å²) in [6.07, 6.45) is 3.18. The molecule has 0 spiro atoms. The number of hydrogen-bond acceptors (Lipinski definition) is 2. The Morgan fingerprint density at radius 3 is 3.06 bits per heavy atom. The van der Waals surface area contributed by atoms with Crippen LogP contribution in [0.5, 0.6) is 0 Å². The Balaban J connectivity index is 2.23. The van der Waals surface area contributed by atoms with Crippen LogP contribution < -0.4 is 5.32 Å². The molecule has 0 atom stereocenters. The maximum Gasteiger partial charge on any atom is 0.224 e. The fourth-order valence-electron chi connectivity index (χ4n) is 1.66. The quantitative estimate of drug-likeness (QED) is 0.857. The molecule has 1 N–H and O–H groups in total. The van der Waals surface area contributed by atoms with Crippen LogP contribution in [0, 0.1) is 0 Å². The molecule has 0 saturated carbocycles. The molecule has 84 valence electrons. The molecule has 0 bridgehead atoms. The number of carbonyl (C=O) groups excluding carboxylic acids is 1. The van der Waals surface area contributed by atoms with E-state index in [2.05, 4.69) is 10.3 Å². The smallest absolute Gasteiger partial charge is 0.224 e. The number of imidazole rings is 1. The molecular weight excluding hydrogens is 202 g/mol. The van der Waals surface area contributed by atoms with Crippen LogP contribution in [0.4, 0.5) is 5.69 Å². The first-order valence-electron chi connectivity index (χ1n) is 5.41. The lowest BCUT2D eigenvalue weighted by atomic mass is 10.2. The monoisotopic (exact) mass is 217 g/mol. The van der Waals surface area contributed by atoms with Crippen LogP contribution >= 0.6 is 0 Å². The van der Waals surface area contributed by atoms with Gasteiger partial charge in [-0.2, -0.15) is 0 Å². The Hall–Kier alpha value is -1.84. The molecule has 1 amide bonds. The number of nitrogens with one attached hydrogen (secondary N) is 1. The Morgan fingerprint density at radius 1 is 1.50 bits per heavy atom. The summed E-state index contributed by atoms with van der Waals surface area (Å²) in [6.45, 7) is 1.99. The van der Waals surface area contributed by atoms with Crippen LogP contribution in [-0.2, 0) is 11.8 Å². The summed E-state index contributed by atoms with van der Waals surface area (Å²) in [6, 6.07) is 5.75. The van der Waals surface area contributed by atoms with E-state index < -0.39 is 0 Å². The summed E-state index contributed by atoms with van der Waals surface area (Å²) in [7, 11) is 1.95. The lowest BCUT2D eigenvalue weighted by Gasteiger charge is -2.04. The zero-order chi connectivity index (χ0) is 11.5. The minimum atomic E-state index is 0.0535. The highest BCUT2D eigenvalue weighted by atomic mass is 16.1. The van der Waals surface area contributed by atoms with Crippen molar-refractivity contribution in [2.75, 3.05) is 5.32 Å². The average Bonchev–Trinajstić information content (AvgIpc) is 2.60. The van der Waals surface area contributed by atoms with Crippen molar-refractivity contribution in [3.05, 3.63) is 24.5 Å². The lowest BCUT2D eigenvalue weighted by molar-refractivity contribution is -0.116. The number of hydrogen-bond donors (Lipinski definition) is 1. The number of amides is 1. The molecule has 1 aromatic heterocycles. The maximum atomic E-state index is 11.4. The van der Waals surface area contributed by atoms with Crippen LogP contribution in [0.25, 0.3) is 11.0 Å². The molecule has 0 saturated heterocycles. The van der Waals surface area contributed by atoms with Gasteiger partial charge in [0, 0.05) is 19.2 Å². The van der Waals surface area contributed by atoms with E-state index >= 15 is 0 Å². The molecule has 0 aliphatic heterocycles. The van der Waals surface area contributed by atoms with Crippen molar-refractivity contribution in [3.8, 4) is 0 Å². The molecule has 0 unspecified atom stereocenters. The van der Waals surface area contributed by atoms with Crippen LogP contribution in [0.3, 0.4) is 0 Å². The second-order valence-electron chi connectivity index (χ2n) is 3.86. The third-order valence-electron chi connectivity index (χ3n) is 2.49. The highest BCUT2D eigenvalue weighted by molar-refractivity contribution is 5.92. The van der Waals surface area contributed by atoms with Crippen molar-refractivity contribution < 1.29 is 4.79 Å². The summed E-state index contributed by atoms with van der Waals surface area (Å²) in [5.41, 5.74) is 2.77. The summed E-state index contributed by atoms with van der Waals surface area (Å²) in [5, 5.41) is 2.86. The molecular formula is C12H15N3O. The number of nitrogens with zero attached hydrogens (tertiary/aromatic N) is 2. The average molecular weight is 217 g/mol. The van der Waals surface area contributed by atoms with Gasteiger partial charge >= 0.3 is 0 Å². The number of fused-ring (bicyclic) bond motifs is 1. The van der Waals surface area contributed by atoms with Gasteiger partial charge in [0.1, 0.15) is 0 Å². The van der Waals surface area contributed by atoms with Gasteiger partial charge in [-0.3, -0.25) is 4.79 Å². The van der Waals surface area contributed by atoms with Crippen molar-refractivity contribution in [1.29, 1.82) is 0 Å². The van der Waals surface area contributed by atoms with E-state index in [-0.39, 0.29) is 5.91 Å². The first kappa shape index (κ1) is 10.7. The van der Waals surface area contributed by atoms with E-state index in [9.17, 15) is 4.79 Å². The minimum Gasteiger partial charge on any atom is -0.334 e. The summed E-state index contributed by atoms with van der Waals surface area (Å²) in [5.74, 6) is 0.0535. The molecule has 2 aromatic rings. The molecule has 1 heterocycles. The fraction of sp³-hybridized carbons (Fsp3) is 0.333. The summed E-state index contributed by atoms with van der Waals surface area (Å²) >= 11 is 0. The topological polar surface area (TPSA) is 46.9 Å². The molecule has 0 radical (unpaired) electrons. The van der Waals surface area contributed by atoms with E-state index in [1.807, 2.05) is 36.7 Å². The molecule has 0 aliphatic carbocycles. The number of anilines is 1. The second kappa shape index (κ2) is 4.35. The van der Waals surface area contributed by atoms with E-state index in [1.165, 1.54) is 0 Å². The normalized spacial score (nSPS) is 10.6. The Labute approximate surface area is 94.3 Å². The zero-order valence-corrected chi connectivity index (χ0v) is 9.53. The van der Waals surface area contributed by atoms with E-state index in [0.717, 1.165) is 23.1 Å². The Kier molecular flexibility index (Phi) is 2.90. The van der Waals surface area contributed by atoms with Gasteiger partial charge in [-0.15, -0.1) is 0 Å². The SMILES string of the molecule is CCCC(=O)Nc1ccc2c(c1)ncn2C. The fourth-order valence-corrected chi connectivity index (χ4v) is 1.66. The zero-order valence-electron chi connectivity index (χ0n) is 9.53. The van der Waals surface area contributed by atoms with Crippen LogP contribution in [0.15, 0.2) is 24.5 Å². The van der Waals surface area contributed by atoms with Crippen molar-refractivity contribution in [2.24, 2.45) is 7.05 Å². The van der Waals surface area contributed by atoms with Crippen molar-refractivity contribution >= 4 is 22.6 Å². The maximum absolute atomic E-state index is 11.4. The predicted molar refractivity (Wildman–Crippen MR) is 64.3 cm³/mol. The van der Waals surface area contributed by atoms with Gasteiger partial charge in [0.05, 0.1) is 17.4 Å². The van der Waals surface area contributed by atoms with Crippen LogP contribution in [0.2, 0.25) is 0 Å². The highest BCUT2D eigenvalue weighted by Crippen LogP contribution is 2.17. The second-order valence-corrected chi connectivity index (χ2v) is 3.86. The van der Waals surface area contributed by atoms with Crippen molar-refractivity contribution in [2.45, 2.75) is 19.8 Å². The van der Waals surface area contributed by atoms with Gasteiger partial charge in [0.25, 0.3) is 0 Å². The van der Waals surface area contributed by atoms with Gasteiger partial charge in [0.15, 0.2) is 0 Å². The molecule has 1 aromatic carbocycles. The van der Waals surface area contributed by atoms with E-state index in [4.69, 9.17) is 0 Å². The number of benzene rings is 1. The van der Waals surface area contributed by atoms with Gasteiger partial charge < -0.3 is 9.88 Å². The summed E-state index contributed by atoms with van der Waals surface area (Å²) < 4.78 is 1.95. The molecule has 2 rings (SSSR count). The van der Waals surface area contributed by atoms with Crippen LogP contribution in [0.1, 0.15) is 19.8 Å².